The molecule has 0 bridgehead atoms. The Bertz CT molecular complexity index is 589. The standard InChI is InChI=1S/C16H26N3O2S/c1-14-6-11-19(12-7-14,15-4-9-17-10-5-15)22(20,21)16-3-2-8-18-13-16/h2-3,8,13-15,17H,4-7,9-12H2,1H3/q+1. The number of rotatable bonds is 3. The third-order valence-corrected chi connectivity index (χ3v) is 7.84. The summed E-state index contributed by atoms with van der Waals surface area (Å²) in [6.07, 6.45) is 7.00. The van der Waals surface area contributed by atoms with Crippen LogP contribution in [0.15, 0.2) is 29.4 Å². The number of piperidine rings is 2. The van der Waals surface area contributed by atoms with Gasteiger partial charge in [-0.25, -0.2) is 3.89 Å². The van der Waals surface area contributed by atoms with E-state index >= 15 is 0 Å². The summed E-state index contributed by atoms with van der Waals surface area (Å²) in [5.41, 5.74) is 0. The lowest BCUT2D eigenvalue weighted by molar-refractivity contribution is -0.841. The molecule has 2 aliphatic heterocycles. The first-order chi connectivity index (χ1) is 10.6. The SMILES string of the molecule is CC1CC[N+](C2CCNCC2)(S(=O)(=O)c2cccnc2)CC1. The van der Waals surface area contributed by atoms with Crippen molar-refractivity contribution in [1.82, 2.24) is 10.3 Å². The van der Waals surface area contributed by atoms with Crippen LogP contribution in [-0.4, -0.2) is 49.5 Å². The molecule has 0 aliphatic carbocycles. The predicted octanol–water partition coefficient (Wildman–Crippen LogP) is 1.77. The first kappa shape index (κ1) is 15.9. The minimum absolute atomic E-state index is 0.207. The van der Waals surface area contributed by atoms with Gasteiger partial charge in [0.25, 0.3) is 0 Å². The van der Waals surface area contributed by atoms with Crippen LogP contribution >= 0.6 is 0 Å². The number of likely N-dealkylation sites (tertiary alicyclic amines) is 1. The molecule has 0 atom stereocenters. The van der Waals surface area contributed by atoms with Crippen molar-refractivity contribution in [3.8, 4) is 0 Å². The Morgan fingerprint density at radius 1 is 1.18 bits per heavy atom. The van der Waals surface area contributed by atoms with E-state index in [0.29, 0.717) is 10.8 Å². The Balaban J connectivity index is 2.01. The minimum Gasteiger partial charge on any atom is -0.316 e. The maximum atomic E-state index is 13.4. The summed E-state index contributed by atoms with van der Waals surface area (Å²) in [5.74, 6) is 0.622. The highest BCUT2D eigenvalue weighted by atomic mass is 32.2. The molecule has 1 aromatic rings. The fourth-order valence-corrected chi connectivity index (χ4v) is 6.08. The van der Waals surface area contributed by atoms with Crippen LogP contribution in [-0.2, 0) is 10.0 Å². The van der Waals surface area contributed by atoms with Gasteiger partial charge in [0.05, 0.1) is 19.3 Å². The van der Waals surface area contributed by atoms with Crippen LogP contribution in [0.2, 0.25) is 0 Å². The molecule has 0 amide bonds. The summed E-state index contributed by atoms with van der Waals surface area (Å²) in [6, 6.07) is 3.62. The Morgan fingerprint density at radius 2 is 1.86 bits per heavy atom. The van der Waals surface area contributed by atoms with E-state index in [4.69, 9.17) is 0 Å². The molecule has 0 unspecified atom stereocenters. The Hall–Kier alpha value is -0.980. The number of hydrogen-bond acceptors (Lipinski definition) is 4. The van der Waals surface area contributed by atoms with Crippen molar-refractivity contribution >= 4 is 10.0 Å². The molecule has 3 rings (SSSR count). The summed E-state index contributed by atoms with van der Waals surface area (Å²) < 4.78 is 27.1. The van der Waals surface area contributed by atoms with Gasteiger partial charge in [-0.05, 0) is 18.1 Å². The normalized spacial score (nSPS) is 31.0. The molecule has 0 radical (unpaired) electrons. The second-order valence-electron chi connectivity index (χ2n) is 6.73. The van der Waals surface area contributed by atoms with Crippen LogP contribution in [0.1, 0.15) is 32.6 Å². The molecule has 5 nitrogen and oxygen atoms in total. The van der Waals surface area contributed by atoms with Gasteiger partial charge in [0.15, 0.2) is 0 Å². The van der Waals surface area contributed by atoms with Gasteiger partial charge in [-0.1, -0.05) is 6.92 Å². The fourth-order valence-electron chi connectivity index (χ4n) is 3.92. The Morgan fingerprint density at radius 3 is 2.45 bits per heavy atom. The Labute approximate surface area is 133 Å². The molecule has 0 aromatic carbocycles. The van der Waals surface area contributed by atoms with E-state index in [9.17, 15) is 8.42 Å². The van der Waals surface area contributed by atoms with Gasteiger partial charge in [-0.15, -0.1) is 0 Å². The zero-order valence-corrected chi connectivity index (χ0v) is 14.1. The summed E-state index contributed by atoms with van der Waals surface area (Å²) in [5, 5.41) is 3.35. The van der Waals surface area contributed by atoms with Crippen molar-refractivity contribution in [3.63, 3.8) is 0 Å². The van der Waals surface area contributed by atoms with E-state index in [-0.39, 0.29) is 9.93 Å². The van der Waals surface area contributed by atoms with Gasteiger partial charge in [0.1, 0.15) is 10.9 Å². The highest BCUT2D eigenvalue weighted by Crippen LogP contribution is 2.37. The summed E-state index contributed by atoms with van der Waals surface area (Å²) in [7, 11) is -3.40. The largest absolute Gasteiger partial charge is 0.329 e. The maximum Gasteiger partial charge on any atom is 0.329 e. The molecule has 1 aromatic heterocycles. The molecule has 6 heteroatoms. The van der Waals surface area contributed by atoms with Gasteiger partial charge in [0, 0.05) is 45.0 Å². The third-order valence-electron chi connectivity index (χ3n) is 5.39. The van der Waals surface area contributed by atoms with E-state index in [1.807, 2.05) is 0 Å². The number of nitrogens with one attached hydrogen (secondary N) is 1. The lowest BCUT2D eigenvalue weighted by Crippen LogP contribution is -2.64. The highest BCUT2D eigenvalue weighted by Gasteiger charge is 2.50. The monoisotopic (exact) mass is 324 g/mol. The first-order valence-electron chi connectivity index (χ1n) is 8.29. The molecule has 2 aliphatic rings. The fraction of sp³-hybridized carbons (Fsp3) is 0.688. The van der Waals surface area contributed by atoms with Crippen molar-refractivity contribution in [2.75, 3.05) is 26.2 Å². The summed E-state index contributed by atoms with van der Waals surface area (Å²) >= 11 is 0. The molecule has 0 spiro atoms. The van der Waals surface area contributed by atoms with E-state index in [2.05, 4.69) is 17.2 Å². The topological polar surface area (TPSA) is 59.1 Å². The Kier molecular flexibility index (Phi) is 4.52. The number of pyridine rings is 1. The van der Waals surface area contributed by atoms with Crippen LogP contribution in [0, 0.1) is 5.92 Å². The van der Waals surface area contributed by atoms with Crippen molar-refractivity contribution in [1.29, 1.82) is 0 Å². The quantitative estimate of drug-likeness (QED) is 0.861. The van der Waals surface area contributed by atoms with Gasteiger partial charge >= 0.3 is 10.0 Å². The van der Waals surface area contributed by atoms with Gasteiger partial charge in [0.2, 0.25) is 0 Å². The lowest BCUT2D eigenvalue weighted by atomic mass is 9.95. The first-order valence-corrected chi connectivity index (χ1v) is 9.73. The molecule has 2 saturated heterocycles. The number of sulfonamides is 1. The predicted molar refractivity (Wildman–Crippen MR) is 85.7 cm³/mol. The number of nitrogens with zero attached hydrogens (tertiary/aromatic N) is 2. The average molecular weight is 324 g/mol. The van der Waals surface area contributed by atoms with Crippen molar-refractivity contribution in [2.45, 2.75) is 43.5 Å². The molecule has 0 saturated carbocycles. The van der Waals surface area contributed by atoms with E-state index in [1.54, 1.807) is 18.3 Å². The van der Waals surface area contributed by atoms with Crippen LogP contribution in [0.4, 0.5) is 0 Å². The lowest BCUT2D eigenvalue weighted by Gasteiger charge is -2.47. The number of quaternary nitrogens is 1. The minimum atomic E-state index is -3.40. The zero-order chi connectivity index (χ0) is 15.6. The zero-order valence-electron chi connectivity index (χ0n) is 13.2. The molecular weight excluding hydrogens is 298 g/mol. The van der Waals surface area contributed by atoms with E-state index in [0.717, 1.165) is 51.9 Å². The van der Waals surface area contributed by atoms with Gasteiger partial charge < -0.3 is 5.32 Å². The smallest absolute Gasteiger partial charge is 0.316 e. The summed E-state index contributed by atoms with van der Waals surface area (Å²) in [4.78, 5) is 4.41. The maximum absolute atomic E-state index is 13.4. The van der Waals surface area contributed by atoms with Crippen LogP contribution < -0.4 is 5.32 Å². The van der Waals surface area contributed by atoms with Crippen LogP contribution in [0.3, 0.4) is 0 Å². The van der Waals surface area contributed by atoms with E-state index in [1.165, 1.54) is 6.20 Å². The van der Waals surface area contributed by atoms with Crippen molar-refractivity contribution in [2.24, 2.45) is 5.92 Å². The number of aromatic nitrogens is 1. The molecular formula is C16H26N3O2S+. The van der Waals surface area contributed by atoms with Crippen molar-refractivity contribution in [3.05, 3.63) is 24.5 Å². The third kappa shape index (κ3) is 2.68. The number of hydrogen-bond donors (Lipinski definition) is 1. The highest BCUT2D eigenvalue weighted by molar-refractivity contribution is 7.86. The molecule has 22 heavy (non-hydrogen) atoms. The van der Waals surface area contributed by atoms with E-state index < -0.39 is 10.0 Å². The summed E-state index contributed by atoms with van der Waals surface area (Å²) in [6.45, 7) is 5.55. The second kappa shape index (κ2) is 6.26. The molecule has 122 valence electrons. The second-order valence-corrected chi connectivity index (χ2v) is 8.88. The van der Waals surface area contributed by atoms with Crippen LogP contribution in [0.5, 0.6) is 0 Å². The molecule has 3 heterocycles. The average Bonchev–Trinajstić information content (AvgIpc) is 2.57. The van der Waals surface area contributed by atoms with Gasteiger partial charge in [-0.2, -0.15) is 8.42 Å². The van der Waals surface area contributed by atoms with Crippen LogP contribution in [0.25, 0.3) is 0 Å². The van der Waals surface area contributed by atoms with Crippen molar-refractivity contribution < 1.29 is 12.3 Å². The molecule has 1 N–H and O–H groups in total. The molecule has 2 fully saturated rings. The van der Waals surface area contributed by atoms with Gasteiger partial charge in [-0.3, -0.25) is 4.98 Å².